The normalized spacial score (nSPS) is 15.7. The zero-order valence-corrected chi connectivity index (χ0v) is 16.1. The molecule has 2 aromatic rings. The zero-order valence-electron chi connectivity index (χ0n) is 14.6. The lowest BCUT2D eigenvalue weighted by Crippen LogP contribution is -2.14. The fourth-order valence-electron chi connectivity index (χ4n) is 2.80. The molecule has 0 aliphatic carbocycles. The summed E-state index contributed by atoms with van der Waals surface area (Å²) in [6.07, 6.45) is 0.687. The Morgan fingerprint density at radius 3 is 2.78 bits per heavy atom. The van der Waals surface area contributed by atoms with Gasteiger partial charge in [0.15, 0.2) is 0 Å². The first-order valence-corrected chi connectivity index (χ1v) is 10.0. The molecule has 1 heterocycles. The summed E-state index contributed by atoms with van der Waals surface area (Å²) in [7, 11) is -4.11. The summed E-state index contributed by atoms with van der Waals surface area (Å²) in [5.74, 6) is 0.937. The molecule has 0 saturated heterocycles. The van der Waals surface area contributed by atoms with Crippen LogP contribution in [0.1, 0.15) is 19.4 Å². The molecule has 0 saturated carbocycles. The van der Waals surface area contributed by atoms with Crippen molar-refractivity contribution < 1.29 is 22.8 Å². The predicted molar refractivity (Wildman–Crippen MR) is 100 cm³/mol. The molecule has 1 atom stereocenters. The number of nitrogens with zero attached hydrogens (tertiary/aromatic N) is 1. The Hall–Kier alpha value is -2.52. The number of nitro groups is 1. The highest BCUT2D eigenvalue weighted by atomic mass is 35.5. The van der Waals surface area contributed by atoms with E-state index in [1.807, 2.05) is 6.92 Å². The van der Waals surface area contributed by atoms with Gasteiger partial charge >= 0.3 is 0 Å². The van der Waals surface area contributed by atoms with Crippen molar-refractivity contribution >= 4 is 33.0 Å². The van der Waals surface area contributed by atoms with Gasteiger partial charge in [-0.05, 0) is 32.0 Å². The Morgan fingerprint density at radius 1 is 1.37 bits per heavy atom. The van der Waals surface area contributed by atoms with E-state index in [1.165, 1.54) is 12.1 Å². The van der Waals surface area contributed by atoms with Crippen LogP contribution in [-0.4, -0.2) is 26.1 Å². The number of fused-ring (bicyclic) bond motifs is 1. The van der Waals surface area contributed by atoms with E-state index < -0.39 is 20.6 Å². The standard InChI is InChI=1S/C17H17ClN2O6S/c1-3-25-17-7-11-6-10(2)26-16(11)9-14(17)19-27(23,24)12-4-5-13(18)15(8-12)20(21)22/h4-5,7-10,19H,3,6H2,1-2H3/t10-/m1/s1. The summed E-state index contributed by atoms with van der Waals surface area (Å²) in [5.41, 5.74) is 0.633. The average Bonchev–Trinajstić information content (AvgIpc) is 2.94. The maximum absolute atomic E-state index is 12.7. The fraction of sp³-hybridized carbons (Fsp3) is 0.294. The lowest BCUT2D eigenvalue weighted by atomic mass is 10.1. The number of halogens is 1. The molecule has 0 spiro atoms. The average molecular weight is 413 g/mol. The molecule has 0 radical (unpaired) electrons. The SMILES string of the molecule is CCOc1cc2c(cc1NS(=O)(=O)c1ccc(Cl)c([N+](=O)[O-])c1)O[C@H](C)C2. The minimum absolute atomic E-state index is 0.0137. The molecule has 144 valence electrons. The van der Waals surface area contributed by atoms with Crippen molar-refractivity contribution in [2.75, 3.05) is 11.3 Å². The number of rotatable bonds is 6. The van der Waals surface area contributed by atoms with Gasteiger partial charge in [-0.2, -0.15) is 0 Å². The smallest absolute Gasteiger partial charge is 0.289 e. The number of nitro benzene ring substituents is 1. The molecule has 0 amide bonds. The lowest BCUT2D eigenvalue weighted by molar-refractivity contribution is -0.384. The van der Waals surface area contributed by atoms with E-state index in [0.29, 0.717) is 24.5 Å². The van der Waals surface area contributed by atoms with Crippen LogP contribution in [0, 0.1) is 10.1 Å². The van der Waals surface area contributed by atoms with Crippen molar-refractivity contribution in [2.45, 2.75) is 31.3 Å². The van der Waals surface area contributed by atoms with Crippen molar-refractivity contribution in [2.24, 2.45) is 0 Å². The van der Waals surface area contributed by atoms with E-state index in [9.17, 15) is 18.5 Å². The van der Waals surface area contributed by atoms with Gasteiger partial charge in [-0.15, -0.1) is 0 Å². The van der Waals surface area contributed by atoms with Crippen LogP contribution in [0.15, 0.2) is 35.2 Å². The van der Waals surface area contributed by atoms with Crippen LogP contribution in [0.3, 0.4) is 0 Å². The van der Waals surface area contributed by atoms with Crippen LogP contribution in [0.4, 0.5) is 11.4 Å². The first kappa shape index (κ1) is 19.2. The van der Waals surface area contributed by atoms with Gasteiger partial charge in [-0.3, -0.25) is 14.8 Å². The highest BCUT2D eigenvalue weighted by Crippen LogP contribution is 2.39. The maximum Gasteiger partial charge on any atom is 0.289 e. The summed E-state index contributed by atoms with van der Waals surface area (Å²) in [4.78, 5) is 10.0. The molecule has 0 aromatic heterocycles. The van der Waals surface area contributed by atoms with E-state index in [2.05, 4.69) is 4.72 Å². The van der Waals surface area contributed by atoms with Gasteiger partial charge in [0.05, 0.1) is 22.1 Å². The molecule has 1 aliphatic rings. The largest absolute Gasteiger partial charge is 0.492 e. The van der Waals surface area contributed by atoms with E-state index in [1.54, 1.807) is 19.1 Å². The molecular weight excluding hydrogens is 396 g/mol. The van der Waals surface area contributed by atoms with Gasteiger partial charge < -0.3 is 9.47 Å². The summed E-state index contributed by atoms with van der Waals surface area (Å²) in [6, 6.07) is 6.59. The first-order chi connectivity index (χ1) is 12.7. The highest BCUT2D eigenvalue weighted by Gasteiger charge is 2.25. The molecule has 0 bridgehead atoms. The molecule has 8 nitrogen and oxygen atoms in total. The van der Waals surface area contributed by atoms with E-state index in [0.717, 1.165) is 11.6 Å². The Morgan fingerprint density at radius 2 is 2.11 bits per heavy atom. The topological polar surface area (TPSA) is 108 Å². The van der Waals surface area contributed by atoms with Crippen LogP contribution >= 0.6 is 11.6 Å². The number of sulfonamides is 1. The van der Waals surface area contributed by atoms with E-state index in [4.69, 9.17) is 21.1 Å². The summed E-state index contributed by atoms with van der Waals surface area (Å²) in [5, 5.41) is 10.9. The number of ether oxygens (including phenoxy) is 2. The van der Waals surface area contributed by atoms with Gasteiger partial charge in [0.1, 0.15) is 22.6 Å². The van der Waals surface area contributed by atoms with Crippen LogP contribution in [0.25, 0.3) is 0 Å². The second-order valence-corrected chi connectivity index (χ2v) is 8.09. The van der Waals surface area contributed by atoms with Crippen molar-refractivity contribution in [3.63, 3.8) is 0 Å². The first-order valence-electron chi connectivity index (χ1n) is 8.14. The van der Waals surface area contributed by atoms with Crippen LogP contribution in [0.5, 0.6) is 11.5 Å². The van der Waals surface area contributed by atoms with Crippen molar-refractivity contribution in [3.05, 3.63) is 51.0 Å². The van der Waals surface area contributed by atoms with Gasteiger partial charge in [-0.1, -0.05) is 11.6 Å². The third-order valence-electron chi connectivity index (χ3n) is 3.97. The molecule has 0 fully saturated rings. The third kappa shape index (κ3) is 3.93. The quantitative estimate of drug-likeness (QED) is 0.571. The summed E-state index contributed by atoms with van der Waals surface area (Å²) in [6.45, 7) is 4.04. The Bertz CT molecular complexity index is 1010. The molecule has 10 heteroatoms. The molecule has 1 N–H and O–H groups in total. The van der Waals surface area contributed by atoms with Gasteiger partial charge in [0.25, 0.3) is 15.7 Å². The van der Waals surface area contributed by atoms with Gasteiger partial charge in [0.2, 0.25) is 0 Å². The second-order valence-electron chi connectivity index (χ2n) is 6.00. The number of benzene rings is 2. The molecule has 3 rings (SSSR count). The summed E-state index contributed by atoms with van der Waals surface area (Å²) < 4.78 is 39.1. The number of nitrogens with one attached hydrogen (secondary N) is 1. The van der Waals surface area contributed by atoms with Crippen LogP contribution < -0.4 is 14.2 Å². The number of hydrogen-bond donors (Lipinski definition) is 1. The van der Waals surface area contributed by atoms with Crippen LogP contribution in [-0.2, 0) is 16.4 Å². The second kappa shape index (κ2) is 7.24. The minimum atomic E-state index is -4.11. The van der Waals surface area contributed by atoms with Gasteiger partial charge in [-0.25, -0.2) is 8.42 Å². The number of hydrogen-bond acceptors (Lipinski definition) is 6. The monoisotopic (exact) mass is 412 g/mol. The predicted octanol–water partition coefficient (Wildman–Crippen LogP) is 3.77. The van der Waals surface area contributed by atoms with Gasteiger partial charge in [0, 0.05) is 24.1 Å². The fourth-order valence-corrected chi connectivity index (χ4v) is 4.06. The molecule has 27 heavy (non-hydrogen) atoms. The lowest BCUT2D eigenvalue weighted by Gasteiger charge is -2.14. The van der Waals surface area contributed by atoms with E-state index in [-0.39, 0.29) is 21.7 Å². The Labute approximate surface area is 161 Å². The van der Waals surface area contributed by atoms with E-state index >= 15 is 0 Å². The summed E-state index contributed by atoms with van der Waals surface area (Å²) >= 11 is 5.75. The third-order valence-corrected chi connectivity index (χ3v) is 5.65. The zero-order chi connectivity index (χ0) is 19.8. The van der Waals surface area contributed by atoms with Crippen LogP contribution in [0.2, 0.25) is 5.02 Å². The minimum Gasteiger partial charge on any atom is -0.492 e. The molecule has 1 aliphatic heterocycles. The maximum atomic E-state index is 12.7. The molecule has 2 aromatic carbocycles. The highest BCUT2D eigenvalue weighted by molar-refractivity contribution is 7.92. The Balaban J connectivity index is 2.00. The molecular formula is C17H17ClN2O6S. The Kier molecular flexibility index (Phi) is 5.16. The van der Waals surface area contributed by atoms with Crippen molar-refractivity contribution in [1.29, 1.82) is 0 Å². The number of anilines is 1. The molecule has 0 unspecified atom stereocenters. The van der Waals surface area contributed by atoms with Crippen molar-refractivity contribution in [3.8, 4) is 11.5 Å². The van der Waals surface area contributed by atoms with Crippen molar-refractivity contribution in [1.82, 2.24) is 0 Å².